The SMILES string of the molecule is CCC1CCCC(NCCN(C)C)(C(=O)OC)CC1. The number of rotatable bonds is 6. The van der Waals surface area contributed by atoms with Crippen LogP contribution in [0.4, 0.5) is 0 Å². The maximum Gasteiger partial charge on any atom is 0.326 e. The first-order chi connectivity index (χ1) is 9.04. The molecule has 0 spiro atoms. The van der Waals surface area contributed by atoms with Crippen LogP contribution >= 0.6 is 0 Å². The van der Waals surface area contributed by atoms with E-state index < -0.39 is 5.54 Å². The summed E-state index contributed by atoms with van der Waals surface area (Å²) >= 11 is 0. The van der Waals surface area contributed by atoms with Gasteiger partial charge in [0.2, 0.25) is 0 Å². The molecule has 1 saturated carbocycles. The van der Waals surface area contributed by atoms with E-state index in [9.17, 15) is 4.79 Å². The van der Waals surface area contributed by atoms with Crippen LogP contribution in [0.25, 0.3) is 0 Å². The van der Waals surface area contributed by atoms with Crippen LogP contribution in [0.5, 0.6) is 0 Å². The third kappa shape index (κ3) is 4.77. The summed E-state index contributed by atoms with van der Waals surface area (Å²) in [7, 11) is 5.60. The van der Waals surface area contributed by atoms with Gasteiger partial charge in [-0.15, -0.1) is 0 Å². The Labute approximate surface area is 117 Å². The van der Waals surface area contributed by atoms with Gasteiger partial charge in [0.05, 0.1) is 7.11 Å². The molecule has 0 aromatic heterocycles. The summed E-state index contributed by atoms with van der Waals surface area (Å²) in [5.41, 5.74) is -0.450. The quantitative estimate of drug-likeness (QED) is 0.592. The highest BCUT2D eigenvalue weighted by Crippen LogP contribution is 2.32. The number of likely N-dealkylation sites (N-methyl/N-ethyl adjacent to an activating group) is 1. The number of methoxy groups -OCH3 is 1. The minimum Gasteiger partial charge on any atom is -0.468 e. The molecule has 0 saturated heterocycles. The third-order valence-corrected chi connectivity index (χ3v) is 4.37. The van der Waals surface area contributed by atoms with E-state index in [4.69, 9.17) is 4.74 Å². The van der Waals surface area contributed by atoms with Gasteiger partial charge in [-0.25, -0.2) is 0 Å². The molecule has 1 aliphatic carbocycles. The molecule has 4 nitrogen and oxygen atoms in total. The predicted molar refractivity (Wildman–Crippen MR) is 78.2 cm³/mol. The summed E-state index contributed by atoms with van der Waals surface area (Å²) in [5.74, 6) is 0.685. The van der Waals surface area contributed by atoms with Gasteiger partial charge in [0.25, 0.3) is 0 Å². The highest BCUT2D eigenvalue weighted by molar-refractivity contribution is 5.80. The number of carbonyl (C=O) groups is 1. The molecule has 0 bridgehead atoms. The first-order valence-electron chi connectivity index (χ1n) is 7.52. The Morgan fingerprint density at radius 3 is 2.68 bits per heavy atom. The fourth-order valence-corrected chi connectivity index (χ4v) is 2.99. The average molecular weight is 270 g/mol. The second kappa shape index (κ2) is 7.85. The molecule has 112 valence electrons. The molecule has 0 aliphatic heterocycles. The number of hydrogen-bond donors (Lipinski definition) is 1. The molecule has 0 radical (unpaired) electrons. The summed E-state index contributed by atoms with van der Waals surface area (Å²) in [6.45, 7) is 4.02. The van der Waals surface area contributed by atoms with Crippen LogP contribution in [0.3, 0.4) is 0 Å². The van der Waals surface area contributed by atoms with Crippen molar-refractivity contribution in [3.05, 3.63) is 0 Å². The van der Waals surface area contributed by atoms with Crippen molar-refractivity contribution in [1.29, 1.82) is 0 Å². The minimum absolute atomic E-state index is 0.0805. The van der Waals surface area contributed by atoms with E-state index in [1.54, 1.807) is 0 Å². The Hall–Kier alpha value is -0.610. The molecule has 0 aromatic rings. The van der Waals surface area contributed by atoms with Crippen molar-refractivity contribution in [2.24, 2.45) is 5.92 Å². The fourth-order valence-electron chi connectivity index (χ4n) is 2.99. The van der Waals surface area contributed by atoms with Gasteiger partial charge in [-0.1, -0.05) is 26.2 Å². The van der Waals surface area contributed by atoms with Crippen LogP contribution in [0.2, 0.25) is 0 Å². The summed E-state index contributed by atoms with van der Waals surface area (Å²) in [6.07, 6.45) is 6.51. The van der Waals surface area contributed by atoms with E-state index in [1.807, 2.05) is 14.1 Å². The highest BCUT2D eigenvalue weighted by atomic mass is 16.5. The Morgan fingerprint density at radius 2 is 2.11 bits per heavy atom. The molecule has 1 rings (SSSR count). The molecule has 2 unspecified atom stereocenters. The van der Waals surface area contributed by atoms with Gasteiger partial charge in [0.1, 0.15) is 5.54 Å². The highest BCUT2D eigenvalue weighted by Gasteiger charge is 2.40. The smallest absolute Gasteiger partial charge is 0.326 e. The van der Waals surface area contributed by atoms with Gasteiger partial charge >= 0.3 is 5.97 Å². The third-order valence-electron chi connectivity index (χ3n) is 4.37. The summed E-state index contributed by atoms with van der Waals surface area (Å²) in [4.78, 5) is 14.3. The van der Waals surface area contributed by atoms with Crippen molar-refractivity contribution in [1.82, 2.24) is 10.2 Å². The van der Waals surface area contributed by atoms with Gasteiger partial charge in [-0.2, -0.15) is 0 Å². The predicted octanol–water partition coefficient (Wildman–Crippen LogP) is 2.04. The van der Waals surface area contributed by atoms with Gasteiger partial charge in [-0.05, 0) is 39.3 Å². The Balaban J connectivity index is 2.67. The summed E-state index contributed by atoms with van der Waals surface area (Å²) in [6, 6.07) is 0. The maximum atomic E-state index is 12.2. The van der Waals surface area contributed by atoms with Gasteiger partial charge in [0, 0.05) is 13.1 Å². The number of ether oxygens (including phenoxy) is 1. The van der Waals surface area contributed by atoms with Crippen LogP contribution in [0.15, 0.2) is 0 Å². The fraction of sp³-hybridized carbons (Fsp3) is 0.933. The largest absolute Gasteiger partial charge is 0.468 e. The van der Waals surface area contributed by atoms with Gasteiger partial charge in [-0.3, -0.25) is 4.79 Å². The van der Waals surface area contributed by atoms with E-state index in [0.717, 1.165) is 44.7 Å². The first kappa shape index (κ1) is 16.4. The monoisotopic (exact) mass is 270 g/mol. The van der Waals surface area contributed by atoms with Crippen molar-refractivity contribution < 1.29 is 9.53 Å². The lowest BCUT2D eigenvalue weighted by Gasteiger charge is -2.31. The Kier molecular flexibility index (Phi) is 6.80. The molecule has 0 aromatic carbocycles. The van der Waals surface area contributed by atoms with E-state index in [0.29, 0.717) is 0 Å². The summed E-state index contributed by atoms with van der Waals surface area (Å²) in [5, 5.41) is 3.49. The van der Waals surface area contributed by atoms with Crippen LogP contribution in [0.1, 0.15) is 45.4 Å². The van der Waals surface area contributed by atoms with Crippen molar-refractivity contribution in [2.75, 3.05) is 34.3 Å². The lowest BCUT2D eigenvalue weighted by Crippen LogP contribution is -2.54. The molecular formula is C15H30N2O2. The lowest BCUT2D eigenvalue weighted by molar-refractivity contribution is -0.149. The maximum absolute atomic E-state index is 12.2. The van der Waals surface area contributed by atoms with Crippen LogP contribution in [-0.4, -0.2) is 50.7 Å². The molecule has 1 fully saturated rings. The molecule has 0 heterocycles. The zero-order valence-electron chi connectivity index (χ0n) is 13.0. The van der Waals surface area contributed by atoms with E-state index >= 15 is 0 Å². The molecule has 1 N–H and O–H groups in total. The topological polar surface area (TPSA) is 41.6 Å². The molecule has 4 heteroatoms. The molecule has 19 heavy (non-hydrogen) atoms. The van der Waals surface area contributed by atoms with E-state index in [1.165, 1.54) is 20.0 Å². The normalized spacial score (nSPS) is 28.2. The molecular weight excluding hydrogens is 240 g/mol. The number of nitrogens with one attached hydrogen (secondary N) is 1. The van der Waals surface area contributed by atoms with E-state index in [-0.39, 0.29) is 5.97 Å². The van der Waals surface area contributed by atoms with Gasteiger partial charge in [0.15, 0.2) is 0 Å². The average Bonchev–Trinajstić information content (AvgIpc) is 2.60. The Morgan fingerprint density at radius 1 is 1.37 bits per heavy atom. The van der Waals surface area contributed by atoms with Crippen molar-refractivity contribution in [3.8, 4) is 0 Å². The zero-order valence-corrected chi connectivity index (χ0v) is 13.0. The Bertz CT molecular complexity index is 281. The first-order valence-corrected chi connectivity index (χ1v) is 7.52. The van der Waals surface area contributed by atoms with E-state index in [2.05, 4.69) is 17.1 Å². The number of esters is 1. The lowest BCUT2D eigenvalue weighted by atomic mass is 9.89. The second-order valence-electron chi connectivity index (χ2n) is 6.01. The zero-order chi connectivity index (χ0) is 14.3. The molecule has 2 atom stereocenters. The number of hydrogen-bond acceptors (Lipinski definition) is 4. The molecule has 1 aliphatic rings. The number of carbonyl (C=O) groups excluding carboxylic acids is 1. The van der Waals surface area contributed by atoms with Crippen LogP contribution < -0.4 is 5.32 Å². The standard InChI is InChI=1S/C15H30N2O2/c1-5-13-7-6-9-15(10-8-13,14(18)19-4)16-11-12-17(2)3/h13,16H,5-12H2,1-4H3. The van der Waals surface area contributed by atoms with Crippen molar-refractivity contribution >= 4 is 5.97 Å². The second-order valence-corrected chi connectivity index (χ2v) is 6.01. The van der Waals surface area contributed by atoms with Gasteiger partial charge < -0.3 is 15.0 Å². The van der Waals surface area contributed by atoms with Crippen LogP contribution in [0, 0.1) is 5.92 Å². The van der Waals surface area contributed by atoms with Crippen LogP contribution in [-0.2, 0) is 9.53 Å². The van der Waals surface area contributed by atoms with Crippen molar-refractivity contribution in [3.63, 3.8) is 0 Å². The van der Waals surface area contributed by atoms with Crippen molar-refractivity contribution in [2.45, 2.75) is 51.0 Å². The minimum atomic E-state index is -0.450. The number of nitrogens with zero attached hydrogens (tertiary/aromatic N) is 1. The molecule has 0 amide bonds. The summed E-state index contributed by atoms with van der Waals surface area (Å²) < 4.78 is 5.06.